The Bertz CT molecular complexity index is 178. The van der Waals surface area contributed by atoms with Crippen LogP contribution >= 0.6 is 0 Å². The first-order chi connectivity index (χ1) is 6.31. The van der Waals surface area contributed by atoms with E-state index in [1.165, 1.54) is 0 Å². The van der Waals surface area contributed by atoms with Crippen LogP contribution < -0.4 is 0 Å². The van der Waals surface area contributed by atoms with Crippen LogP contribution in [0.5, 0.6) is 0 Å². The average Bonchev–Trinajstić information content (AvgIpc) is 2.16. The summed E-state index contributed by atoms with van der Waals surface area (Å²) in [6.45, 7) is 3.94. The Morgan fingerprint density at radius 3 is 2.62 bits per heavy atom. The lowest BCUT2D eigenvalue weighted by atomic mass is 10.1. The number of rotatable bonds is 7. The van der Waals surface area contributed by atoms with Gasteiger partial charge in [0.15, 0.2) is 0 Å². The molecule has 0 saturated carbocycles. The van der Waals surface area contributed by atoms with Crippen LogP contribution in [0.2, 0.25) is 0 Å². The Morgan fingerprint density at radius 1 is 1.23 bits per heavy atom. The minimum atomic E-state index is 0.377. The second-order valence-corrected chi connectivity index (χ2v) is 3.06. The van der Waals surface area contributed by atoms with Crippen molar-refractivity contribution in [2.45, 2.75) is 46.0 Å². The Morgan fingerprint density at radius 2 is 2.00 bits per heavy atom. The molecule has 0 saturated heterocycles. The molecule has 0 aliphatic rings. The average molecular weight is 180 g/mol. The molecule has 13 heavy (non-hydrogen) atoms. The maximum atomic E-state index is 10.9. The van der Waals surface area contributed by atoms with Crippen LogP contribution in [0.4, 0.5) is 0 Å². The monoisotopic (exact) mass is 180 g/mol. The Kier molecular flexibility index (Phi) is 8.64. The topological polar surface area (TPSA) is 17.1 Å². The SMILES string of the molecule is C/C=C\C/C=C\CCCC(=O)CC. The first-order valence-electron chi connectivity index (χ1n) is 5.09. The summed E-state index contributed by atoms with van der Waals surface area (Å²) >= 11 is 0. The molecule has 0 atom stereocenters. The summed E-state index contributed by atoms with van der Waals surface area (Å²) in [4.78, 5) is 10.9. The molecule has 0 fully saturated rings. The smallest absolute Gasteiger partial charge is 0.132 e. The number of allylic oxidation sites excluding steroid dienone is 4. The van der Waals surface area contributed by atoms with Gasteiger partial charge in [-0.1, -0.05) is 31.2 Å². The molecule has 0 heterocycles. The number of carbonyl (C=O) groups is 1. The molecule has 0 aromatic heterocycles. The van der Waals surface area contributed by atoms with Gasteiger partial charge in [-0.05, 0) is 26.2 Å². The largest absolute Gasteiger partial charge is 0.300 e. The Hall–Kier alpha value is -0.850. The molecule has 0 aromatic carbocycles. The summed E-state index contributed by atoms with van der Waals surface area (Å²) in [6.07, 6.45) is 12.9. The second kappa shape index (κ2) is 9.24. The van der Waals surface area contributed by atoms with E-state index in [2.05, 4.69) is 18.2 Å². The molecule has 0 aromatic rings. The Labute approximate surface area is 81.5 Å². The summed E-state index contributed by atoms with van der Waals surface area (Å²) in [5.74, 6) is 0.377. The first kappa shape index (κ1) is 12.2. The highest BCUT2D eigenvalue weighted by molar-refractivity contribution is 5.77. The first-order valence-corrected chi connectivity index (χ1v) is 5.09. The van der Waals surface area contributed by atoms with Gasteiger partial charge in [0.2, 0.25) is 0 Å². The lowest BCUT2D eigenvalue weighted by molar-refractivity contribution is -0.118. The maximum Gasteiger partial charge on any atom is 0.132 e. The van der Waals surface area contributed by atoms with Crippen LogP contribution in [0, 0.1) is 0 Å². The van der Waals surface area contributed by atoms with Crippen molar-refractivity contribution in [3.63, 3.8) is 0 Å². The summed E-state index contributed by atoms with van der Waals surface area (Å²) in [6, 6.07) is 0. The summed E-state index contributed by atoms with van der Waals surface area (Å²) < 4.78 is 0. The van der Waals surface area contributed by atoms with Crippen molar-refractivity contribution >= 4 is 5.78 Å². The van der Waals surface area contributed by atoms with E-state index in [1.54, 1.807) is 0 Å². The van der Waals surface area contributed by atoms with Crippen molar-refractivity contribution in [1.29, 1.82) is 0 Å². The van der Waals surface area contributed by atoms with Crippen molar-refractivity contribution in [2.24, 2.45) is 0 Å². The van der Waals surface area contributed by atoms with Gasteiger partial charge in [-0.2, -0.15) is 0 Å². The van der Waals surface area contributed by atoms with Gasteiger partial charge in [0.1, 0.15) is 5.78 Å². The third-order valence-electron chi connectivity index (χ3n) is 1.90. The van der Waals surface area contributed by atoms with Crippen molar-refractivity contribution in [3.8, 4) is 0 Å². The van der Waals surface area contributed by atoms with Gasteiger partial charge in [-0.3, -0.25) is 4.79 Å². The van der Waals surface area contributed by atoms with Crippen LogP contribution in [-0.2, 0) is 4.79 Å². The molecule has 0 aliphatic heterocycles. The molecule has 0 amide bonds. The van der Waals surface area contributed by atoms with E-state index >= 15 is 0 Å². The number of hydrogen-bond acceptors (Lipinski definition) is 1. The zero-order chi connectivity index (χ0) is 9.94. The highest BCUT2D eigenvalue weighted by Gasteiger charge is 1.94. The summed E-state index contributed by atoms with van der Waals surface area (Å²) in [5, 5.41) is 0. The van der Waals surface area contributed by atoms with Crippen molar-refractivity contribution < 1.29 is 4.79 Å². The van der Waals surface area contributed by atoms with Crippen LogP contribution in [0.25, 0.3) is 0 Å². The van der Waals surface area contributed by atoms with Gasteiger partial charge in [0.25, 0.3) is 0 Å². The Balaban J connectivity index is 3.24. The normalized spacial score (nSPS) is 11.5. The molecule has 0 radical (unpaired) electrons. The molecule has 0 N–H and O–H groups in total. The number of ketones is 1. The highest BCUT2D eigenvalue weighted by Crippen LogP contribution is 2.00. The number of hydrogen-bond donors (Lipinski definition) is 0. The summed E-state index contributed by atoms with van der Waals surface area (Å²) in [7, 11) is 0. The lowest BCUT2D eigenvalue weighted by Crippen LogP contribution is -1.93. The third kappa shape index (κ3) is 9.06. The van der Waals surface area contributed by atoms with Gasteiger partial charge in [0, 0.05) is 12.8 Å². The summed E-state index contributed by atoms with van der Waals surface area (Å²) in [5.41, 5.74) is 0. The fraction of sp³-hybridized carbons (Fsp3) is 0.583. The fourth-order valence-corrected chi connectivity index (χ4v) is 1.02. The molecular formula is C12H20O. The van der Waals surface area contributed by atoms with Gasteiger partial charge >= 0.3 is 0 Å². The van der Waals surface area contributed by atoms with Crippen LogP contribution in [0.15, 0.2) is 24.3 Å². The zero-order valence-corrected chi connectivity index (χ0v) is 8.75. The molecule has 74 valence electrons. The standard InChI is InChI=1S/C12H20O/c1-3-5-6-7-8-9-10-11-12(13)4-2/h3,5,7-8H,4,6,9-11H2,1-2H3/b5-3-,8-7-. The van der Waals surface area contributed by atoms with E-state index in [1.807, 2.05) is 19.9 Å². The van der Waals surface area contributed by atoms with E-state index in [9.17, 15) is 4.79 Å². The van der Waals surface area contributed by atoms with Crippen LogP contribution in [-0.4, -0.2) is 5.78 Å². The number of carbonyl (C=O) groups excluding carboxylic acids is 1. The molecule has 0 unspecified atom stereocenters. The molecule has 0 aliphatic carbocycles. The number of Topliss-reactive ketones (excluding diaryl/α,β-unsaturated/α-hetero) is 1. The lowest BCUT2D eigenvalue weighted by Gasteiger charge is -1.93. The predicted molar refractivity (Wildman–Crippen MR) is 57.7 cm³/mol. The highest BCUT2D eigenvalue weighted by atomic mass is 16.1. The van der Waals surface area contributed by atoms with E-state index in [-0.39, 0.29) is 0 Å². The molecule has 0 bridgehead atoms. The van der Waals surface area contributed by atoms with Crippen molar-refractivity contribution in [3.05, 3.63) is 24.3 Å². The second-order valence-electron chi connectivity index (χ2n) is 3.06. The maximum absolute atomic E-state index is 10.9. The molecule has 1 heteroatoms. The molecule has 1 nitrogen and oxygen atoms in total. The quantitative estimate of drug-likeness (QED) is 0.431. The van der Waals surface area contributed by atoms with E-state index in [4.69, 9.17) is 0 Å². The zero-order valence-electron chi connectivity index (χ0n) is 8.75. The van der Waals surface area contributed by atoms with Crippen LogP contribution in [0.3, 0.4) is 0 Å². The van der Waals surface area contributed by atoms with Gasteiger partial charge in [0.05, 0.1) is 0 Å². The van der Waals surface area contributed by atoms with Gasteiger partial charge in [-0.25, -0.2) is 0 Å². The predicted octanol–water partition coefficient (Wildman–Crippen LogP) is 3.66. The fourth-order valence-electron chi connectivity index (χ4n) is 1.02. The van der Waals surface area contributed by atoms with E-state index < -0.39 is 0 Å². The third-order valence-corrected chi connectivity index (χ3v) is 1.90. The van der Waals surface area contributed by atoms with E-state index in [0.717, 1.165) is 25.7 Å². The van der Waals surface area contributed by atoms with Gasteiger partial charge < -0.3 is 0 Å². The molecular weight excluding hydrogens is 160 g/mol. The molecule has 0 rings (SSSR count). The van der Waals surface area contributed by atoms with E-state index in [0.29, 0.717) is 12.2 Å². The van der Waals surface area contributed by atoms with Gasteiger partial charge in [-0.15, -0.1) is 0 Å². The van der Waals surface area contributed by atoms with Crippen molar-refractivity contribution in [2.75, 3.05) is 0 Å². The molecule has 0 spiro atoms. The minimum Gasteiger partial charge on any atom is -0.300 e. The number of unbranched alkanes of at least 4 members (excludes halogenated alkanes) is 1. The van der Waals surface area contributed by atoms with Crippen LogP contribution in [0.1, 0.15) is 46.0 Å². The minimum absolute atomic E-state index is 0.377. The van der Waals surface area contributed by atoms with Crippen molar-refractivity contribution in [1.82, 2.24) is 0 Å².